The zero-order chi connectivity index (χ0) is 42.8. The van der Waals surface area contributed by atoms with Crippen molar-refractivity contribution in [3.8, 4) is 0 Å². The van der Waals surface area contributed by atoms with Crippen LogP contribution in [0.5, 0.6) is 0 Å². The van der Waals surface area contributed by atoms with Crippen LogP contribution in [0, 0.1) is 17.8 Å². The third-order valence-corrected chi connectivity index (χ3v) is 8.91. The van der Waals surface area contributed by atoms with Crippen molar-refractivity contribution in [3.05, 3.63) is 36.5 Å². The highest BCUT2D eigenvalue weighted by atomic mass is 16.4. The first-order valence-corrected chi connectivity index (χ1v) is 21.1. The maximum absolute atomic E-state index is 10.8. The van der Waals surface area contributed by atoms with Gasteiger partial charge >= 0.3 is 35.8 Å². The van der Waals surface area contributed by atoms with Crippen LogP contribution >= 0.6 is 0 Å². The van der Waals surface area contributed by atoms with E-state index in [9.17, 15) is 28.8 Å². The van der Waals surface area contributed by atoms with E-state index in [4.69, 9.17) is 30.6 Å². The van der Waals surface area contributed by atoms with E-state index in [0.29, 0.717) is 0 Å². The Morgan fingerprint density at radius 2 is 0.536 bits per heavy atom. The number of rotatable bonds is 35. The minimum atomic E-state index is -1.08. The number of carboxylic acids is 6. The zero-order valence-electron chi connectivity index (χ0n) is 34.7. The van der Waals surface area contributed by atoms with E-state index >= 15 is 0 Å². The van der Waals surface area contributed by atoms with Gasteiger partial charge in [0.25, 0.3) is 0 Å². The van der Waals surface area contributed by atoms with Gasteiger partial charge in [0.1, 0.15) is 0 Å². The molecular weight excluding hydrogens is 720 g/mol. The molecule has 0 aliphatic carbocycles. The largest absolute Gasteiger partial charge is 0.481 e. The predicted octanol–water partition coefficient (Wildman–Crippen LogP) is 11.2. The van der Waals surface area contributed by atoms with Gasteiger partial charge in [-0.2, -0.15) is 0 Å². The first-order chi connectivity index (χ1) is 26.7. The molecule has 56 heavy (non-hydrogen) atoms. The van der Waals surface area contributed by atoms with E-state index < -0.39 is 53.6 Å². The van der Waals surface area contributed by atoms with Crippen molar-refractivity contribution >= 4 is 35.8 Å². The predicted molar refractivity (Wildman–Crippen MR) is 221 cm³/mol. The van der Waals surface area contributed by atoms with Crippen LogP contribution in [0.2, 0.25) is 0 Å². The van der Waals surface area contributed by atoms with E-state index in [1.165, 1.54) is 108 Å². The summed E-state index contributed by atoms with van der Waals surface area (Å²) in [5.74, 6) is -9.15. The van der Waals surface area contributed by atoms with E-state index in [1.54, 1.807) is 18.2 Å². The summed E-state index contributed by atoms with van der Waals surface area (Å²) in [6.07, 6.45) is 35.8. The Morgan fingerprint density at radius 3 is 0.732 bits per heavy atom. The van der Waals surface area contributed by atoms with Crippen LogP contribution in [-0.4, -0.2) is 66.5 Å². The smallest absolute Gasteiger partial charge is 0.310 e. The molecule has 0 aromatic heterocycles. The minimum absolute atomic E-state index is 0.344. The normalized spacial score (nSPS) is 12.7. The van der Waals surface area contributed by atoms with Gasteiger partial charge in [-0.25, -0.2) is 0 Å². The standard InChI is InChI=1S/2C16H28O4.C12H20O4/c2*1-2-3-4-5-6-7-8-9-10-11-12-14(16(19)20)13-15(17)18;1-2-3-4-5-6-7-8-10(12(15)16)9-11(13)14/h2*11-12,14H,2-10,13H2,1H3,(H,17,18)(H,19,20);7-8,10H,2-6,9H2,1H3,(H,13,14)(H,15,16). The van der Waals surface area contributed by atoms with E-state index in [-0.39, 0.29) is 19.3 Å². The number of carboxylic acid groups (broad SMARTS) is 6. The van der Waals surface area contributed by atoms with Crippen LogP contribution in [0.4, 0.5) is 0 Å². The van der Waals surface area contributed by atoms with E-state index in [1.807, 2.05) is 0 Å². The van der Waals surface area contributed by atoms with Gasteiger partial charge in [0.2, 0.25) is 0 Å². The number of carbonyl (C=O) groups is 6. The van der Waals surface area contributed by atoms with Gasteiger partial charge in [-0.3, -0.25) is 28.8 Å². The molecule has 0 saturated carbocycles. The minimum Gasteiger partial charge on any atom is -0.481 e. The van der Waals surface area contributed by atoms with Crippen molar-refractivity contribution in [2.24, 2.45) is 17.8 Å². The Kier molecular flexibility index (Phi) is 42.5. The fourth-order valence-corrected chi connectivity index (χ4v) is 5.54. The SMILES string of the molecule is CCCCCCC=CC(CC(=O)O)C(=O)O.CCCCCCCCCCC=CC(CC(=O)O)C(=O)O.CCCCCCCCCCC=CC(CC(=O)O)C(=O)O. The molecule has 324 valence electrons. The fraction of sp³-hybridized carbons (Fsp3) is 0.727. The lowest BCUT2D eigenvalue weighted by Crippen LogP contribution is -2.15. The third kappa shape index (κ3) is 44.4. The van der Waals surface area contributed by atoms with Crippen molar-refractivity contribution in [2.75, 3.05) is 0 Å². The van der Waals surface area contributed by atoms with Crippen LogP contribution in [0.15, 0.2) is 36.5 Å². The lowest BCUT2D eigenvalue weighted by atomic mass is 10.0. The second-order valence-electron chi connectivity index (χ2n) is 14.3. The van der Waals surface area contributed by atoms with Gasteiger partial charge in [-0.15, -0.1) is 0 Å². The average molecular weight is 797 g/mol. The summed E-state index contributed by atoms with van der Waals surface area (Å²) >= 11 is 0. The molecular formula is C44H76O12. The number of allylic oxidation sites excluding steroid dienone is 3. The molecule has 0 rings (SSSR count). The van der Waals surface area contributed by atoms with Gasteiger partial charge in [0.15, 0.2) is 0 Å². The molecule has 12 heteroatoms. The fourth-order valence-electron chi connectivity index (χ4n) is 5.54. The van der Waals surface area contributed by atoms with Gasteiger partial charge in [-0.05, 0) is 38.5 Å². The van der Waals surface area contributed by atoms with Crippen LogP contribution in [0.1, 0.15) is 188 Å². The molecule has 0 heterocycles. The van der Waals surface area contributed by atoms with Crippen molar-refractivity contribution in [1.29, 1.82) is 0 Å². The number of hydrogen-bond donors (Lipinski definition) is 6. The van der Waals surface area contributed by atoms with Crippen molar-refractivity contribution in [2.45, 2.75) is 188 Å². The molecule has 12 nitrogen and oxygen atoms in total. The van der Waals surface area contributed by atoms with Crippen LogP contribution in [-0.2, 0) is 28.8 Å². The second-order valence-corrected chi connectivity index (χ2v) is 14.3. The summed E-state index contributed by atoms with van der Waals surface area (Å²) < 4.78 is 0. The molecule has 0 aliphatic rings. The van der Waals surface area contributed by atoms with Gasteiger partial charge < -0.3 is 30.6 Å². The highest BCUT2D eigenvalue weighted by molar-refractivity contribution is 5.80. The number of aliphatic carboxylic acids is 6. The summed E-state index contributed by atoms with van der Waals surface area (Å²) in [5, 5.41) is 52.2. The maximum Gasteiger partial charge on any atom is 0.310 e. The summed E-state index contributed by atoms with van der Waals surface area (Å²) in [6.45, 7) is 6.55. The molecule has 0 spiro atoms. The molecule has 3 unspecified atom stereocenters. The number of unbranched alkanes of at least 4 members (excludes halogenated alkanes) is 20. The molecule has 0 radical (unpaired) electrons. The molecule has 0 aromatic carbocycles. The van der Waals surface area contributed by atoms with Crippen molar-refractivity contribution in [1.82, 2.24) is 0 Å². The number of hydrogen-bond acceptors (Lipinski definition) is 6. The Morgan fingerprint density at radius 1 is 0.339 bits per heavy atom. The molecule has 0 aromatic rings. The van der Waals surface area contributed by atoms with E-state index in [2.05, 4.69) is 20.8 Å². The summed E-state index contributed by atoms with van der Waals surface area (Å²) in [4.78, 5) is 63.7. The summed E-state index contributed by atoms with van der Waals surface area (Å²) in [7, 11) is 0. The molecule has 3 atom stereocenters. The van der Waals surface area contributed by atoms with Crippen LogP contribution in [0.25, 0.3) is 0 Å². The highest BCUT2D eigenvalue weighted by Crippen LogP contribution is 2.13. The molecule has 0 bridgehead atoms. The zero-order valence-corrected chi connectivity index (χ0v) is 34.7. The lowest BCUT2D eigenvalue weighted by Gasteiger charge is -2.03. The quantitative estimate of drug-likeness (QED) is 0.0260. The highest BCUT2D eigenvalue weighted by Gasteiger charge is 2.18. The summed E-state index contributed by atoms with van der Waals surface area (Å²) in [5.41, 5.74) is 0. The molecule has 0 aliphatic heterocycles. The Balaban J connectivity index is -0.000000758. The first kappa shape index (κ1) is 56.4. The maximum atomic E-state index is 10.8. The first-order valence-electron chi connectivity index (χ1n) is 21.1. The van der Waals surface area contributed by atoms with Crippen LogP contribution in [0.3, 0.4) is 0 Å². The third-order valence-electron chi connectivity index (χ3n) is 8.91. The van der Waals surface area contributed by atoms with E-state index in [0.717, 1.165) is 57.8 Å². The van der Waals surface area contributed by atoms with Crippen LogP contribution < -0.4 is 0 Å². The molecule has 0 fully saturated rings. The monoisotopic (exact) mass is 797 g/mol. The van der Waals surface area contributed by atoms with Gasteiger partial charge in [0, 0.05) is 0 Å². The molecule has 0 saturated heterocycles. The van der Waals surface area contributed by atoms with Crippen molar-refractivity contribution in [3.63, 3.8) is 0 Å². The Hall–Kier alpha value is -3.96. The Labute approximate surface area is 336 Å². The van der Waals surface area contributed by atoms with Crippen molar-refractivity contribution < 1.29 is 59.4 Å². The van der Waals surface area contributed by atoms with Gasteiger partial charge in [0.05, 0.1) is 37.0 Å². The lowest BCUT2D eigenvalue weighted by molar-refractivity contribution is -0.146. The van der Waals surface area contributed by atoms with Gasteiger partial charge in [-0.1, -0.05) is 166 Å². The average Bonchev–Trinajstić information content (AvgIpc) is 3.13. The summed E-state index contributed by atoms with van der Waals surface area (Å²) in [6, 6.07) is 0. The second kappa shape index (κ2) is 42.2. The molecule has 0 amide bonds. The topological polar surface area (TPSA) is 224 Å². The molecule has 6 N–H and O–H groups in total. The Bertz CT molecular complexity index is 1050.